The number of anilines is 1. The third-order valence-corrected chi connectivity index (χ3v) is 4.24. The van der Waals surface area contributed by atoms with Gasteiger partial charge < -0.3 is 9.52 Å². The Balaban J connectivity index is 1.92. The summed E-state index contributed by atoms with van der Waals surface area (Å²) in [7, 11) is 0. The van der Waals surface area contributed by atoms with Crippen LogP contribution in [0.1, 0.15) is 11.5 Å². The van der Waals surface area contributed by atoms with Crippen LogP contribution in [0.5, 0.6) is 5.75 Å². The molecule has 0 radical (unpaired) electrons. The van der Waals surface area contributed by atoms with Crippen LogP contribution in [0, 0.1) is 6.92 Å². The lowest BCUT2D eigenvalue weighted by atomic mass is 10.2. The van der Waals surface area contributed by atoms with Gasteiger partial charge in [-0.2, -0.15) is 0 Å². The van der Waals surface area contributed by atoms with Crippen molar-refractivity contribution in [3.8, 4) is 5.75 Å². The predicted octanol–water partition coefficient (Wildman–Crippen LogP) is 3.70. The van der Waals surface area contributed by atoms with Crippen LogP contribution in [0.25, 0.3) is 6.08 Å². The van der Waals surface area contributed by atoms with Crippen LogP contribution >= 0.6 is 24.0 Å². The first kappa shape index (κ1) is 13.9. The van der Waals surface area contributed by atoms with E-state index >= 15 is 0 Å². The van der Waals surface area contributed by atoms with E-state index in [-0.39, 0.29) is 11.7 Å². The Morgan fingerprint density at radius 3 is 2.57 bits per heavy atom. The number of benzene rings is 1. The lowest BCUT2D eigenvalue weighted by Gasteiger charge is -2.14. The van der Waals surface area contributed by atoms with Crippen LogP contribution in [-0.4, -0.2) is 15.3 Å². The van der Waals surface area contributed by atoms with E-state index in [1.807, 2.05) is 19.1 Å². The summed E-state index contributed by atoms with van der Waals surface area (Å²) in [6, 6.07) is 10.00. The van der Waals surface area contributed by atoms with E-state index < -0.39 is 0 Å². The lowest BCUT2D eigenvalue weighted by molar-refractivity contribution is -0.113. The molecule has 0 bridgehead atoms. The Morgan fingerprint density at radius 2 is 1.95 bits per heavy atom. The second-order valence-electron chi connectivity index (χ2n) is 4.48. The first-order valence-corrected chi connectivity index (χ1v) is 7.40. The number of aryl methyl sites for hydroxylation is 1. The Bertz CT molecular complexity index is 747. The highest BCUT2D eigenvalue weighted by molar-refractivity contribution is 8.27. The summed E-state index contributed by atoms with van der Waals surface area (Å²) in [6.07, 6.45) is 1.69. The Kier molecular flexibility index (Phi) is 3.57. The highest BCUT2D eigenvalue weighted by Gasteiger charge is 2.33. The Morgan fingerprint density at radius 1 is 1.24 bits per heavy atom. The molecular formula is C15H11NO3S2. The molecule has 1 aliphatic heterocycles. The number of phenols is 1. The highest BCUT2D eigenvalue weighted by atomic mass is 32.2. The maximum atomic E-state index is 12.5. The zero-order chi connectivity index (χ0) is 15.0. The monoisotopic (exact) mass is 317 g/mol. The number of aromatic hydroxyl groups is 1. The third-order valence-electron chi connectivity index (χ3n) is 2.94. The second-order valence-corrected chi connectivity index (χ2v) is 6.16. The molecular weight excluding hydrogens is 306 g/mol. The van der Waals surface area contributed by atoms with E-state index in [4.69, 9.17) is 16.6 Å². The Labute approximate surface area is 131 Å². The van der Waals surface area contributed by atoms with E-state index in [0.29, 0.717) is 20.7 Å². The van der Waals surface area contributed by atoms with Crippen molar-refractivity contribution in [2.45, 2.75) is 6.92 Å². The molecule has 0 unspecified atom stereocenters. The number of phenolic OH excluding ortho intramolecular Hbond substituents is 1. The van der Waals surface area contributed by atoms with Gasteiger partial charge in [-0.25, -0.2) is 0 Å². The normalized spacial score (nSPS) is 17.0. The average Bonchev–Trinajstić information content (AvgIpc) is 2.96. The zero-order valence-corrected chi connectivity index (χ0v) is 12.7. The number of nitrogens with zero attached hydrogens (tertiary/aromatic N) is 1. The highest BCUT2D eigenvalue weighted by Crippen LogP contribution is 2.36. The summed E-state index contributed by atoms with van der Waals surface area (Å²) in [5, 5.41) is 9.32. The maximum absolute atomic E-state index is 12.5. The van der Waals surface area contributed by atoms with Gasteiger partial charge in [0.25, 0.3) is 5.91 Å². The van der Waals surface area contributed by atoms with Gasteiger partial charge in [0.2, 0.25) is 0 Å². The minimum Gasteiger partial charge on any atom is -0.508 e. The summed E-state index contributed by atoms with van der Waals surface area (Å²) >= 11 is 6.50. The number of thiocarbonyl (C=S) groups is 1. The molecule has 1 N–H and O–H groups in total. The van der Waals surface area contributed by atoms with E-state index in [9.17, 15) is 9.90 Å². The molecule has 0 spiro atoms. The van der Waals surface area contributed by atoms with Crippen molar-refractivity contribution in [1.29, 1.82) is 0 Å². The van der Waals surface area contributed by atoms with Gasteiger partial charge in [0.15, 0.2) is 4.32 Å². The third kappa shape index (κ3) is 2.72. The SMILES string of the molecule is Cc1ccc(/C=C2/SC(=S)N(c3ccc(O)cc3)C2=O)o1. The van der Waals surface area contributed by atoms with Gasteiger partial charge in [-0.15, -0.1) is 0 Å². The number of hydrogen-bond donors (Lipinski definition) is 1. The zero-order valence-electron chi connectivity index (χ0n) is 11.1. The molecule has 1 aromatic carbocycles. The Hall–Kier alpha value is -2.05. The smallest absolute Gasteiger partial charge is 0.270 e. The van der Waals surface area contributed by atoms with Crippen LogP contribution in [-0.2, 0) is 4.79 Å². The first-order valence-electron chi connectivity index (χ1n) is 6.18. The summed E-state index contributed by atoms with van der Waals surface area (Å²) in [6.45, 7) is 1.85. The molecule has 0 aliphatic carbocycles. The molecule has 6 heteroatoms. The number of amides is 1. The summed E-state index contributed by atoms with van der Waals surface area (Å²) < 4.78 is 5.91. The fourth-order valence-corrected chi connectivity index (χ4v) is 3.23. The van der Waals surface area contributed by atoms with Crippen LogP contribution < -0.4 is 4.90 Å². The number of carbonyl (C=O) groups excluding carboxylic acids is 1. The molecule has 0 saturated carbocycles. The van der Waals surface area contributed by atoms with E-state index in [0.717, 1.165) is 5.76 Å². The molecule has 0 atom stereocenters. The van der Waals surface area contributed by atoms with E-state index in [1.54, 1.807) is 18.2 Å². The van der Waals surface area contributed by atoms with Gasteiger partial charge in [-0.3, -0.25) is 9.69 Å². The van der Waals surface area contributed by atoms with Crippen LogP contribution in [0.2, 0.25) is 0 Å². The molecule has 1 fully saturated rings. The van der Waals surface area contributed by atoms with Crippen molar-refractivity contribution in [3.05, 3.63) is 52.8 Å². The molecule has 1 saturated heterocycles. The predicted molar refractivity (Wildman–Crippen MR) is 87.2 cm³/mol. The van der Waals surface area contributed by atoms with Crippen LogP contribution in [0.3, 0.4) is 0 Å². The fourth-order valence-electron chi connectivity index (χ4n) is 1.95. The van der Waals surface area contributed by atoms with Crippen LogP contribution in [0.15, 0.2) is 45.7 Å². The van der Waals surface area contributed by atoms with Crippen LogP contribution in [0.4, 0.5) is 5.69 Å². The van der Waals surface area contributed by atoms with Crippen molar-refractivity contribution in [2.75, 3.05) is 4.90 Å². The molecule has 1 amide bonds. The quantitative estimate of drug-likeness (QED) is 0.676. The maximum Gasteiger partial charge on any atom is 0.270 e. The van der Waals surface area contributed by atoms with Gasteiger partial charge in [0, 0.05) is 6.08 Å². The van der Waals surface area contributed by atoms with E-state index in [2.05, 4.69) is 0 Å². The summed E-state index contributed by atoms with van der Waals surface area (Å²) in [5.74, 6) is 1.37. The number of carbonyl (C=O) groups is 1. The van der Waals surface area contributed by atoms with Crippen molar-refractivity contribution in [1.82, 2.24) is 0 Å². The second kappa shape index (κ2) is 5.38. The van der Waals surface area contributed by atoms with Crippen molar-refractivity contribution in [3.63, 3.8) is 0 Å². The lowest BCUT2D eigenvalue weighted by Crippen LogP contribution is -2.27. The van der Waals surface area contributed by atoms with Crippen molar-refractivity contribution < 1.29 is 14.3 Å². The molecule has 106 valence electrons. The minimum atomic E-state index is -0.190. The number of hydrogen-bond acceptors (Lipinski definition) is 5. The molecule has 4 nitrogen and oxygen atoms in total. The van der Waals surface area contributed by atoms with Gasteiger partial charge in [-0.05, 0) is 43.3 Å². The molecule has 1 aliphatic rings. The van der Waals surface area contributed by atoms with Gasteiger partial charge in [-0.1, -0.05) is 24.0 Å². The number of thioether (sulfide) groups is 1. The van der Waals surface area contributed by atoms with Crippen molar-refractivity contribution in [2.24, 2.45) is 0 Å². The average molecular weight is 317 g/mol. The number of rotatable bonds is 2. The van der Waals surface area contributed by atoms with Gasteiger partial charge in [0.05, 0.1) is 10.6 Å². The van der Waals surface area contributed by atoms with Crippen molar-refractivity contribution >= 4 is 46.0 Å². The van der Waals surface area contributed by atoms with E-state index in [1.165, 1.54) is 28.8 Å². The first-order chi connectivity index (χ1) is 10.0. The fraction of sp³-hybridized carbons (Fsp3) is 0.0667. The minimum absolute atomic E-state index is 0.144. The summed E-state index contributed by atoms with van der Waals surface area (Å²) in [4.78, 5) is 14.4. The van der Waals surface area contributed by atoms with Gasteiger partial charge in [0.1, 0.15) is 17.3 Å². The summed E-state index contributed by atoms with van der Waals surface area (Å²) in [5.41, 5.74) is 0.634. The standard InChI is InChI=1S/C15H11NO3S2/c1-9-2-7-12(19-9)8-13-14(18)16(15(20)21-13)10-3-5-11(17)6-4-10/h2-8,17H,1H3/b13-8+. The topological polar surface area (TPSA) is 53.7 Å². The largest absolute Gasteiger partial charge is 0.508 e. The van der Waals surface area contributed by atoms with Gasteiger partial charge >= 0.3 is 0 Å². The molecule has 3 rings (SSSR count). The molecule has 2 heterocycles. The molecule has 21 heavy (non-hydrogen) atoms. The molecule has 2 aromatic rings. The number of furan rings is 1. The molecule has 1 aromatic heterocycles.